The zero-order chi connectivity index (χ0) is 11.4. The van der Waals surface area contributed by atoms with Gasteiger partial charge in [-0.1, -0.05) is 6.92 Å². The smallest absolute Gasteiger partial charge is 0.0982 e. The van der Waals surface area contributed by atoms with Crippen molar-refractivity contribution in [2.24, 2.45) is 0 Å². The Labute approximate surface area is 101 Å². The molecule has 2 heterocycles. The summed E-state index contributed by atoms with van der Waals surface area (Å²) in [5, 5.41) is 4.67. The van der Waals surface area contributed by atoms with Crippen molar-refractivity contribution >= 4 is 11.3 Å². The molecular weight excluding hydrogens is 220 g/mol. The van der Waals surface area contributed by atoms with E-state index in [0.717, 1.165) is 19.8 Å². The normalized spacial score (nSPS) is 23.2. The standard InChI is InChI=1S/C12H20N2OS/c1-3-13-9(2)11-7-14-12(16-11)10-5-4-6-15-8-10/h7,9-10,13H,3-6,8H2,1-2H3. The summed E-state index contributed by atoms with van der Waals surface area (Å²) in [5.41, 5.74) is 0. The van der Waals surface area contributed by atoms with Crippen LogP contribution in [0.2, 0.25) is 0 Å². The van der Waals surface area contributed by atoms with Gasteiger partial charge >= 0.3 is 0 Å². The first-order chi connectivity index (χ1) is 7.81. The highest BCUT2D eigenvalue weighted by Gasteiger charge is 2.20. The van der Waals surface area contributed by atoms with Gasteiger partial charge in [0.1, 0.15) is 0 Å². The summed E-state index contributed by atoms with van der Waals surface area (Å²) in [6.07, 6.45) is 4.41. The highest BCUT2D eigenvalue weighted by atomic mass is 32.1. The van der Waals surface area contributed by atoms with Crippen molar-refractivity contribution in [3.8, 4) is 0 Å². The van der Waals surface area contributed by atoms with Crippen molar-refractivity contribution < 1.29 is 4.74 Å². The summed E-state index contributed by atoms with van der Waals surface area (Å²) in [5.74, 6) is 0.529. The van der Waals surface area contributed by atoms with Crippen molar-refractivity contribution in [1.82, 2.24) is 10.3 Å². The van der Waals surface area contributed by atoms with E-state index in [9.17, 15) is 0 Å². The van der Waals surface area contributed by atoms with Gasteiger partial charge in [0.15, 0.2) is 0 Å². The Balaban J connectivity index is 2.00. The van der Waals surface area contributed by atoms with Crippen molar-refractivity contribution in [1.29, 1.82) is 0 Å². The van der Waals surface area contributed by atoms with Crippen molar-refractivity contribution in [3.63, 3.8) is 0 Å². The first-order valence-electron chi connectivity index (χ1n) is 6.08. The van der Waals surface area contributed by atoms with Gasteiger partial charge in [0, 0.05) is 29.6 Å². The quantitative estimate of drug-likeness (QED) is 0.878. The monoisotopic (exact) mass is 240 g/mol. The lowest BCUT2D eigenvalue weighted by molar-refractivity contribution is 0.0804. The van der Waals surface area contributed by atoms with E-state index in [1.165, 1.54) is 22.7 Å². The molecule has 0 aromatic carbocycles. The van der Waals surface area contributed by atoms with Crippen molar-refractivity contribution in [2.75, 3.05) is 19.8 Å². The average Bonchev–Trinajstić information content (AvgIpc) is 2.80. The maximum absolute atomic E-state index is 5.50. The number of ether oxygens (including phenoxy) is 1. The Morgan fingerprint density at radius 2 is 2.56 bits per heavy atom. The van der Waals surface area contributed by atoms with E-state index < -0.39 is 0 Å². The minimum absolute atomic E-state index is 0.417. The summed E-state index contributed by atoms with van der Waals surface area (Å²) >= 11 is 1.83. The SMILES string of the molecule is CCNC(C)c1cnc(C2CCCOC2)s1. The number of aromatic nitrogens is 1. The maximum Gasteiger partial charge on any atom is 0.0982 e. The molecule has 0 amide bonds. The summed E-state index contributed by atoms with van der Waals surface area (Å²) < 4.78 is 5.50. The minimum atomic E-state index is 0.417. The molecule has 0 aliphatic carbocycles. The third kappa shape index (κ3) is 2.81. The second-order valence-electron chi connectivity index (χ2n) is 4.29. The lowest BCUT2D eigenvalue weighted by Gasteiger charge is -2.19. The first-order valence-corrected chi connectivity index (χ1v) is 6.89. The van der Waals surface area contributed by atoms with Crippen LogP contribution in [-0.2, 0) is 4.74 Å². The van der Waals surface area contributed by atoms with E-state index in [2.05, 4.69) is 24.1 Å². The molecule has 2 atom stereocenters. The second-order valence-corrected chi connectivity index (χ2v) is 5.39. The van der Waals surface area contributed by atoms with E-state index in [4.69, 9.17) is 4.74 Å². The van der Waals surface area contributed by atoms with E-state index >= 15 is 0 Å². The lowest BCUT2D eigenvalue weighted by atomic mass is 10.0. The number of rotatable bonds is 4. The molecule has 1 N–H and O–H groups in total. The van der Waals surface area contributed by atoms with Crippen LogP contribution in [0.25, 0.3) is 0 Å². The topological polar surface area (TPSA) is 34.2 Å². The summed E-state index contributed by atoms with van der Waals surface area (Å²) in [6, 6.07) is 0.417. The highest BCUT2D eigenvalue weighted by Crippen LogP contribution is 2.30. The molecule has 1 aromatic heterocycles. The van der Waals surface area contributed by atoms with Crippen LogP contribution < -0.4 is 5.32 Å². The maximum atomic E-state index is 5.50. The Morgan fingerprint density at radius 3 is 3.25 bits per heavy atom. The zero-order valence-electron chi connectivity index (χ0n) is 10.0. The summed E-state index contributed by atoms with van der Waals surface area (Å²) in [6.45, 7) is 7.09. The molecule has 4 heteroatoms. The molecule has 2 rings (SSSR count). The van der Waals surface area contributed by atoms with Crippen molar-refractivity contribution in [3.05, 3.63) is 16.1 Å². The fourth-order valence-corrected chi connectivity index (χ4v) is 3.10. The molecule has 1 aromatic rings. The molecule has 3 nitrogen and oxygen atoms in total. The molecule has 0 saturated carbocycles. The zero-order valence-corrected chi connectivity index (χ0v) is 10.8. The number of nitrogens with one attached hydrogen (secondary N) is 1. The van der Waals surface area contributed by atoms with E-state index in [-0.39, 0.29) is 0 Å². The van der Waals surface area contributed by atoms with Gasteiger partial charge in [0.05, 0.1) is 11.6 Å². The molecule has 1 aliphatic heterocycles. The van der Waals surface area contributed by atoms with Gasteiger partial charge in [0.2, 0.25) is 0 Å². The fourth-order valence-electron chi connectivity index (χ4n) is 2.03. The average molecular weight is 240 g/mol. The lowest BCUT2D eigenvalue weighted by Crippen LogP contribution is -2.16. The third-order valence-corrected chi connectivity index (χ3v) is 4.33. The van der Waals surface area contributed by atoms with E-state index in [1.54, 1.807) is 0 Å². The molecule has 0 radical (unpaired) electrons. The van der Waals surface area contributed by atoms with E-state index in [0.29, 0.717) is 12.0 Å². The molecule has 1 aliphatic rings. The van der Waals surface area contributed by atoms with Gasteiger partial charge in [-0.05, 0) is 26.3 Å². The summed E-state index contributed by atoms with van der Waals surface area (Å²) in [7, 11) is 0. The molecule has 1 saturated heterocycles. The number of hydrogen-bond donors (Lipinski definition) is 1. The molecule has 90 valence electrons. The minimum Gasteiger partial charge on any atom is -0.381 e. The van der Waals surface area contributed by atoms with Gasteiger partial charge in [-0.25, -0.2) is 4.98 Å². The Kier molecular flexibility index (Phi) is 4.32. The van der Waals surface area contributed by atoms with Crippen LogP contribution in [0.15, 0.2) is 6.20 Å². The second kappa shape index (κ2) is 5.75. The van der Waals surface area contributed by atoms with Gasteiger partial charge in [-0.3, -0.25) is 0 Å². The summed E-state index contributed by atoms with van der Waals surface area (Å²) in [4.78, 5) is 5.88. The van der Waals surface area contributed by atoms with Crippen LogP contribution in [0, 0.1) is 0 Å². The molecule has 0 bridgehead atoms. The fraction of sp³-hybridized carbons (Fsp3) is 0.750. The van der Waals surface area contributed by atoms with Crippen LogP contribution >= 0.6 is 11.3 Å². The number of nitrogens with zero attached hydrogens (tertiary/aromatic N) is 1. The Hall–Kier alpha value is -0.450. The Bertz CT molecular complexity index is 321. The van der Waals surface area contributed by atoms with Gasteiger partial charge in [-0.2, -0.15) is 0 Å². The van der Waals surface area contributed by atoms with Crippen LogP contribution in [0.3, 0.4) is 0 Å². The van der Waals surface area contributed by atoms with E-state index in [1.807, 2.05) is 17.5 Å². The number of thiazole rings is 1. The predicted molar refractivity (Wildman–Crippen MR) is 67.0 cm³/mol. The Morgan fingerprint density at radius 1 is 1.69 bits per heavy atom. The molecule has 1 fully saturated rings. The van der Waals surface area contributed by atoms with Crippen LogP contribution in [0.5, 0.6) is 0 Å². The van der Waals surface area contributed by atoms with Crippen LogP contribution in [0.1, 0.15) is 48.5 Å². The molecule has 2 unspecified atom stereocenters. The van der Waals surface area contributed by atoms with Gasteiger partial charge in [-0.15, -0.1) is 11.3 Å². The predicted octanol–water partition coefficient (Wildman–Crippen LogP) is 2.71. The molecule has 16 heavy (non-hydrogen) atoms. The molecule has 0 spiro atoms. The van der Waals surface area contributed by atoms with Crippen molar-refractivity contribution in [2.45, 2.75) is 38.6 Å². The highest BCUT2D eigenvalue weighted by molar-refractivity contribution is 7.11. The van der Waals surface area contributed by atoms with Crippen LogP contribution in [-0.4, -0.2) is 24.7 Å². The molecular formula is C12H20N2OS. The van der Waals surface area contributed by atoms with Gasteiger partial charge < -0.3 is 10.1 Å². The van der Waals surface area contributed by atoms with Crippen LogP contribution in [0.4, 0.5) is 0 Å². The first kappa shape index (κ1) is 12.0. The third-order valence-electron chi connectivity index (χ3n) is 2.99. The largest absolute Gasteiger partial charge is 0.381 e. The number of hydrogen-bond acceptors (Lipinski definition) is 4. The van der Waals surface area contributed by atoms with Gasteiger partial charge in [0.25, 0.3) is 0 Å².